The number of benzene rings is 1. The number of fused-ring (bicyclic) bond motifs is 1. The molecule has 4 rings (SSSR count). The Balaban J connectivity index is 1.75. The van der Waals surface area contributed by atoms with E-state index in [-0.39, 0.29) is 12.5 Å². The maximum atomic E-state index is 12.8. The first-order chi connectivity index (χ1) is 12.4. The first-order valence-electron chi connectivity index (χ1n) is 8.40. The smallest absolute Gasteiger partial charge is 0.336 e. The summed E-state index contributed by atoms with van der Waals surface area (Å²) in [6.45, 7) is 1.97. The topological polar surface area (TPSA) is 79.6 Å². The van der Waals surface area contributed by atoms with E-state index in [2.05, 4.69) is 5.32 Å². The fraction of sp³-hybridized carbons (Fsp3) is 0.389. The van der Waals surface area contributed by atoms with Gasteiger partial charge in [0, 0.05) is 22.2 Å². The van der Waals surface area contributed by atoms with Crippen molar-refractivity contribution in [3.63, 3.8) is 0 Å². The second kappa shape index (κ2) is 6.32. The van der Waals surface area contributed by atoms with Gasteiger partial charge in [-0.1, -0.05) is 18.5 Å². The average molecular weight is 393 g/mol. The lowest BCUT2D eigenvalue weighted by molar-refractivity contribution is -0.130. The Kier molecular flexibility index (Phi) is 4.23. The number of amides is 3. The molecule has 8 heteroatoms. The minimum Gasteiger partial charge on any atom is -0.423 e. The number of hydrogen-bond acceptors (Lipinski definition) is 5. The molecule has 2 saturated heterocycles. The number of carbonyl (C=O) groups excluding carboxylic acids is 2. The Morgan fingerprint density at radius 2 is 2.08 bits per heavy atom. The fourth-order valence-corrected chi connectivity index (χ4v) is 5.14. The van der Waals surface area contributed by atoms with Gasteiger partial charge in [0.05, 0.1) is 6.54 Å². The zero-order chi connectivity index (χ0) is 18.5. The van der Waals surface area contributed by atoms with Crippen LogP contribution in [-0.4, -0.2) is 33.9 Å². The van der Waals surface area contributed by atoms with Gasteiger partial charge in [0.1, 0.15) is 11.1 Å². The van der Waals surface area contributed by atoms with Crippen LogP contribution in [-0.2, 0) is 17.8 Å². The van der Waals surface area contributed by atoms with Gasteiger partial charge in [-0.15, -0.1) is 0 Å². The van der Waals surface area contributed by atoms with Gasteiger partial charge in [0.25, 0.3) is 5.91 Å². The highest BCUT2D eigenvalue weighted by atomic mass is 35.5. The molecule has 1 atom stereocenters. The van der Waals surface area contributed by atoms with Crippen molar-refractivity contribution < 1.29 is 14.0 Å². The van der Waals surface area contributed by atoms with Crippen molar-refractivity contribution in [2.24, 2.45) is 0 Å². The molecule has 0 bridgehead atoms. The third-order valence-electron chi connectivity index (χ3n) is 4.97. The summed E-state index contributed by atoms with van der Waals surface area (Å²) >= 11 is 7.96. The second-order valence-electron chi connectivity index (χ2n) is 6.59. The maximum Gasteiger partial charge on any atom is 0.336 e. The van der Waals surface area contributed by atoms with E-state index in [0.717, 1.165) is 11.3 Å². The first-order valence-corrected chi connectivity index (χ1v) is 9.94. The van der Waals surface area contributed by atoms with E-state index in [4.69, 9.17) is 16.0 Å². The molecule has 26 heavy (non-hydrogen) atoms. The Morgan fingerprint density at radius 1 is 1.27 bits per heavy atom. The summed E-state index contributed by atoms with van der Waals surface area (Å²) in [5.74, 6) is 1.19. The molecular weight excluding hydrogens is 376 g/mol. The number of urea groups is 1. The van der Waals surface area contributed by atoms with Crippen molar-refractivity contribution in [1.29, 1.82) is 0 Å². The zero-order valence-corrected chi connectivity index (χ0v) is 15.7. The van der Waals surface area contributed by atoms with Crippen LogP contribution in [0.25, 0.3) is 11.0 Å². The zero-order valence-electron chi connectivity index (χ0n) is 14.1. The highest BCUT2D eigenvalue weighted by molar-refractivity contribution is 7.99. The van der Waals surface area contributed by atoms with Crippen LogP contribution in [0.1, 0.15) is 24.5 Å². The number of halogens is 1. The molecule has 1 aromatic heterocycles. The van der Waals surface area contributed by atoms with Crippen molar-refractivity contribution in [2.75, 3.05) is 11.5 Å². The van der Waals surface area contributed by atoms with Crippen LogP contribution < -0.4 is 10.9 Å². The average Bonchev–Trinajstić information content (AvgIpc) is 3.16. The molecule has 2 aromatic rings. The van der Waals surface area contributed by atoms with E-state index in [1.807, 2.05) is 6.92 Å². The van der Waals surface area contributed by atoms with Gasteiger partial charge < -0.3 is 9.73 Å². The minimum absolute atomic E-state index is 0.0149. The number of carbonyl (C=O) groups is 2. The monoisotopic (exact) mass is 392 g/mol. The van der Waals surface area contributed by atoms with E-state index < -0.39 is 17.2 Å². The van der Waals surface area contributed by atoms with Crippen LogP contribution in [0.3, 0.4) is 0 Å². The number of nitrogens with zero attached hydrogens (tertiary/aromatic N) is 1. The van der Waals surface area contributed by atoms with Crippen molar-refractivity contribution in [3.8, 4) is 0 Å². The largest absolute Gasteiger partial charge is 0.423 e. The molecule has 1 N–H and O–H groups in total. The number of hydrogen-bond donors (Lipinski definition) is 1. The third-order valence-corrected chi connectivity index (χ3v) is 6.52. The van der Waals surface area contributed by atoms with Gasteiger partial charge in [0.15, 0.2) is 0 Å². The Labute approximate surface area is 158 Å². The molecule has 0 radical (unpaired) electrons. The predicted molar refractivity (Wildman–Crippen MR) is 101 cm³/mol. The fourth-order valence-electron chi connectivity index (χ4n) is 3.51. The lowest BCUT2D eigenvalue weighted by atomic mass is 9.99. The van der Waals surface area contributed by atoms with Crippen LogP contribution in [0.2, 0.25) is 5.02 Å². The molecule has 1 spiro atoms. The first kappa shape index (κ1) is 17.4. The maximum absolute atomic E-state index is 12.8. The second-order valence-corrected chi connectivity index (χ2v) is 8.10. The summed E-state index contributed by atoms with van der Waals surface area (Å²) in [6.07, 6.45) is 1.33. The lowest BCUT2D eigenvalue weighted by Crippen LogP contribution is -2.46. The molecule has 1 unspecified atom stereocenters. The van der Waals surface area contributed by atoms with Gasteiger partial charge in [-0.2, -0.15) is 11.8 Å². The van der Waals surface area contributed by atoms with Gasteiger partial charge in [-0.3, -0.25) is 9.69 Å². The molecule has 0 aliphatic carbocycles. The Hall–Kier alpha value is -1.99. The van der Waals surface area contributed by atoms with Gasteiger partial charge >= 0.3 is 11.7 Å². The van der Waals surface area contributed by atoms with Crippen LogP contribution in [0.4, 0.5) is 4.79 Å². The molecule has 1 aromatic carbocycles. The van der Waals surface area contributed by atoms with Crippen LogP contribution >= 0.6 is 23.4 Å². The molecule has 2 fully saturated rings. The van der Waals surface area contributed by atoms with Crippen molar-refractivity contribution in [3.05, 3.63) is 44.8 Å². The van der Waals surface area contributed by atoms with Crippen LogP contribution in [0, 0.1) is 0 Å². The molecule has 3 amide bonds. The van der Waals surface area contributed by atoms with Crippen LogP contribution in [0.15, 0.2) is 27.4 Å². The van der Waals surface area contributed by atoms with Crippen LogP contribution in [0.5, 0.6) is 0 Å². The van der Waals surface area contributed by atoms with Gasteiger partial charge in [-0.25, -0.2) is 9.59 Å². The lowest BCUT2D eigenvalue weighted by Gasteiger charge is -2.19. The number of rotatable bonds is 3. The summed E-state index contributed by atoms with van der Waals surface area (Å²) in [5, 5.41) is 4.03. The predicted octanol–water partition coefficient (Wildman–Crippen LogP) is 2.94. The molecule has 2 aliphatic rings. The third kappa shape index (κ3) is 2.70. The van der Waals surface area contributed by atoms with Gasteiger partial charge in [0.2, 0.25) is 0 Å². The summed E-state index contributed by atoms with van der Waals surface area (Å²) in [7, 11) is 0. The normalized spacial score (nSPS) is 22.6. The summed E-state index contributed by atoms with van der Waals surface area (Å²) in [6, 6.07) is 4.37. The number of aryl methyl sites for hydroxylation is 1. The van der Waals surface area contributed by atoms with Crippen molar-refractivity contribution in [2.45, 2.75) is 31.8 Å². The highest BCUT2D eigenvalue weighted by Gasteiger charge is 2.52. The van der Waals surface area contributed by atoms with Gasteiger partial charge in [-0.05, 0) is 41.9 Å². The quantitative estimate of drug-likeness (QED) is 0.641. The SMILES string of the molecule is CCc1cc2oc(=O)cc(CN3C(=O)NC4(CCSC4)C3=O)c2cc1Cl. The van der Waals surface area contributed by atoms with E-state index in [0.29, 0.717) is 40.1 Å². The number of thioether (sulfide) groups is 1. The van der Waals surface area contributed by atoms with Crippen molar-refractivity contribution in [1.82, 2.24) is 10.2 Å². The Bertz CT molecular complexity index is 981. The molecule has 3 heterocycles. The molecule has 2 aliphatic heterocycles. The minimum atomic E-state index is -0.802. The van der Waals surface area contributed by atoms with E-state index >= 15 is 0 Å². The number of nitrogens with one attached hydrogen (secondary N) is 1. The summed E-state index contributed by atoms with van der Waals surface area (Å²) in [5.41, 5.74) is 0.509. The Morgan fingerprint density at radius 3 is 2.77 bits per heavy atom. The van der Waals surface area contributed by atoms with E-state index in [1.54, 1.807) is 23.9 Å². The van der Waals surface area contributed by atoms with Crippen molar-refractivity contribution >= 4 is 46.3 Å². The summed E-state index contributed by atoms with van der Waals surface area (Å²) in [4.78, 5) is 38.4. The highest BCUT2D eigenvalue weighted by Crippen LogP contribution is 2.34. The van der Waals surface area contributed by atoms with E-state index in [1.165, 1.54) is 11.0 Å². The molecule has 6 nitrogen and oxygen atoms in total. The molecule has 136 valence electrons. The molecule has 0 saturated carbocycles. The number of imide groups is 1. The van der Waals surface area contributed by atoms with E-state index in [9.17, 15) is 14.4 Å². The standard InChI is InChI=1S/C18H17ClN2O4S/c1-2-10-5-14-12(7-13(10)19)11(6-15(22)25-14)8-21-16(23)18(20-17(21)24)3-4-26-9-18/h5-7H,2-4,8-9H2,1H3,(H,20,24). The summed E-state index contributed by atoms with van der Waals surface area (Å²) < 4.78 is 5.29. The molecular formula is C18H17ClN2O4S.